The summed E-state index contributed by atoms with van der Waals surface area (Å²) in [6.45, 7) is 6.29. The van der Waals surface area contributed by atoms with E-state index in [1.165, 1.54) is 11.3 Å². The second-order valence-electron chi connectivity index (χ2n) is 4.99. The van der Waals surface area contributed by atoms with Crippen LogP contribution in [0.5, 0.6) is 0 Å². The lowest BCUT2D eigenvalue weighted by molar-refractivity contribution is -0.138. The number of nitrogens with zero attached hydrogens (tertiary/aromatic N) is 2. The molecule has 1 aliphatic rings. The quantitative estimate of drug-likeness (QED) is 0.836. The summed E-state index contributed by atoms with van der Waals surface area (Å²) in [5.41, 5.74) is -1.07. The van der Waals surface area contributed by atoms with Gasteiger partial charge in [-0.15, -0.1) is 11.3 Å². The van der Waals surface area contributed by atoms with Gasteiger partial charge in [-0.1, -0.05) is 6.07 Å². The maximum Gasteiger partial charge on any atom is 0.325 e. The van der Waals surface area contributed by atoms with Crippen LogP contribution in [-0.4, -0.2) is 47.3 Å². The Balaban J connectivity index is 2.18. The Morgan fingerprint density at radius 3 is 2.57 bits per heavy atom. The zero-order valence-corrected chi connectivity index (χ0v) is 13.2. The lowest BCUT2D eigenvalue weighted by atomic mass is 10.0. The number of hydrogen-bond donors (Lipinski definition) is 1. The van der Waals surface area contributed by atoms with E-state index in [1.54, 1.807) is 17.9 Å². The molecule has 1 aromatic heterocycles. The zero-order chi connectivity index (χ0) is 15.6. The van der Waals surface area contributed by atoms with Gasteiger partial charge in [-0.25, -0.2) is 4.79 Å². The van der Waals surface area contributed by atoms with E-state index in [1.807, 2.05) is 25.3 Å². The van der Waals surface area contributed by atoms with E-state index in [-0.39, 0.29) is 18.4 Å². The van der Waals surface area contributed by atoms with Crippen molar-refractivity contribution in [2.75, 3.05) is 19.6 Å². The van der Waals surface area contributed by atoms with Crippen molar-refractivity contribution < 1.29 is 14.4 Å². The highest BCUT2D eigenvalue weighted by molar-refractivity contribution is 7.10. The summed E-state index contributed by atoms with van der Waals surface area (Å²) < 4.78 is 0. The van der Waals surface area contributed by atoms with E-state index in [4.69, 9.17) is 0 Å². The van der Waals surface area contributed by atoms with Gasteiger partial charge in [0.15, 0.2) is 5.54 Å². The summed E-state index contributed by atoms with van der Waals surface area (Å²) in [6, 6.07) is 3.11. The average Bonchev–Trinajstić information content (AvgIpc) is 3.05. The number of imide groups is 1. The Morgan fingerprint density at radius 1 is 1.38 bits per heavy atom. The van der Waals surface area contributed by atoms with Gasteiger partial charge < -0.3 is 10.2 Å². The van der Waals surface area contributed by atoms with Crippen LogP contribution in [0, 0.1) is 0 Å². The summed E-state index contributed by atoms with van der Waals surface area (Å²) in [4.78, 5) is 40.1. The van der Waals surface area contributed by atoms with Gasteiger partial charge in [0.2, 0.25) is 5.91 Å². The predicted molar refractivity (Wildman–Crippen MR) is 79.8 cm³/mol. The third-order valence-electron chi connectivity index (χ3n) is 3.70. The van der Waals surface area contributed by atoms with Crippen LogP contribution in [0.15, 0.2) is 17.5 Å². The molecule has 0 radical (unpaired) electrons. The van der Waals surface area contributed by atoms with Crippen molar-refractivity contribution in [3.8, 4) is 0 Å². The normalized spacial score (nSPS) is 21.6. The van der Waals surface area contributed by atoms with Gasteiger partial charge in [-0.2, -0.15) is 0 Å². The molecule has 0 bridgehead atoms. The molecule has 7 heteroatoms. The Kier molecular flexibility index (Phi) is 4.32. The number of nitrogens with one attached hydrogen (secondary N) is 1. The largest absolute Gasteiger partial charge is 0.342 e. The molecule has 114 valence electrons. The highest BCUT2D eigenvalue weighted by Crippen LogP contribution is 2.31. The molecular formula is C14H19N3O3S. The maximum atomic E-state index is 12.5. The molecule has 2 rings (SSSR count). The molecule has 1 saturated heterocycles. The second kappa shape index (κ2) is 5.85. The monoisotopic (exact) mass is 309 g/mol. The van der Waals surface area contributed by atoms with Gasteiger partial charge in [-0.05, 0) is 32.2 Å². The first-order valence-corrected chi connectivity index (χ1v) is 7.77. The van der Waals surface area contributed by atoms with Crippen molar-refractivity contribution in [1.82, 2.24) is 15.1 Å². The molecule has 0 aliphatic carbocycles. The van der Waals surface area contributed by atoms with Crippen LogP contribution in [0.25, 0.3) is 0 Å². The Labute approximate surface area is 127 Å². The topological polar surface area (TPSA) is 69.7 Å². The van der Waals surface area contributed by atoms with Crippen molar-refractivity contribution >= 4 is 29.2 Å². The van der Waals surface area contributed by atoms with Crippen molar-refractivity contribution in [1.29, 1.82) is 0 Å². The van der Waals surface area contributed by atoms with Crippen LogP contribution in [0.1, 0.15) is 25.6 Å². The van der Waals surface area contributed by atoms with Gasteiger partial charge >= 0.3 is 6.03 Å². The number of carbonyl (C=O) groups excluding carboxylic acids is 3. The fraction of sp³-hybridized carbons (Fsp3) is 0.500. The zero-order valence-electron chi connectivity index (χ0n) is 12.4. The highest BCUT2D eigenvalue weighted by atomic mass is 32.1. The number of likely N-dealkylation sites (N-methyl/N-ethyl adjacent to an activating group) is 1. The van der Waals surface area contributed by atoms with Crippen molar-refractivity contribution in [3.63, 3.8) is 0 Å². The number of carbonyl (C=O) groups is 3. The third kappa shape index (κ3) is 2.65. The lowest BCUT2D eigenvalue weighted by Crippen LogP contribution is -2.44. The molecule has 0 aromatic carbocycles. The first kappa shape index (κ1) is 15.5. The number of urea groups is 1. The SMILES string of the molecule is CCN(CC)C(=O)CN1C(=O)NC(C)(c2cccs2)C1=O. The molecule has 0 spiro atoms. The predicted octanol–water partition coefficient (Wildman–Crippen LogP) is 1.38. The van der Waals surface area contributed by atoms with Crippen LogP contribution in [0.3, 0.4) is 0 Å². The minimum atomic E-state index is -1.07. The second-order valence-corrected chi connectivity index (χ2v) is 5.94. The molecule has 1 aliphatic heterocycles. The molecule has 1 N–H and O–H groups in total. The molecule has 6 nitrogen and oxygen atoms in total. The molecule has 1 fully saturated rings. The van der Waals surface area contributed by atoms with Gasteiger partial charge in [0, 0.05) is 18.0 Å². The van der Waals surface area contributed by atoms with E-state index >= 15 is 0 Å². The van der Waals surface area contributed by atoms with Crippen LogP contribution < -0.4 is 5.32 Å². The molecule has 1 atom stereocenters. The van der Waals surface area contributed by atoms with Gasteiger partial charge in [0.1, 0.15) is 6.54 Å². The van der Waals surface area contributed by atoms with E-state index in [0.29, 0.717) is 13.1 Å². The molecule has 1 aromatic rings. The molecular weight excluding hydrogens is 290 g/mol. The Bertz CT molecular complexity index is 554. The minimum Gasteiger partial charge on any atom is -0.342 e. The first-order valence-electron chi connectivity index (χ1n) is 6.89. The smallest absolute Gasteiger partial charge is 0.325 e. The maximum absolute atomic E-state index is 12.5. The average molecular weight is 309 g/mol. The highest BCUT2D eigenvalue weighted by Gasteiger charge is 2.50. The van der Waals surface area contributed by atoms with Crippen LogP contribution >= 0.6 is 11.3 Å². The molecule has 1 unspecified atom stereocenters. The third-order valence-corrected chi connectivity index (χ3v) is 4.79. The number of amides is 4. The number of thiophene rings is 1. The fourth-order valence-electron chi connectivity index (χ4n) is 2.38. The summed E-state index contributed by atoms with van der Waals surface area (Å²) >= 11 is 1.40. The standard InChI is InChI=1S/C14H19N3O3S/c1-4-16(5-2)11(18)9-17-12(19)14(3,15-13(17)20)10-7-6-8-21-10/h6-8H,4-5,9H2,1-3H3,(H,15,20). The molecule has 4 amide bonds. The van der Waals surface area contributed by atoms with Crippen LogP contribution in [-0.2, 0) is 15.1 Å². The van der Waals surface area contributed by atoms with E-state index in [0.717, 1.165) is 9.78 Å². The molecule has 2 heterocycles. The number of hydrogen-bond acceptors (Lipinski definition) is 4. The fourth-order valence-corrected chi connectivity index (χ4v) is 3.22. The van der Waals surface area contributed by atoms with E-state index < -0.39 is 11.6 Å². The minimum absolute atomic E-state index is 0.215. The van der Waals surface area contributed by atoms with Gasteiger partial charge in [-0.3, -0.25) is 14.5 Å². The van der Waals surface area contributed by atoms with Crippen molar-refractivity contribution in [2.24, 2.45) is 0 Å². The Morgan fingerprint density at radius 2 is 2.05 bits per heavy atom. The van der Waals surface area contributed by atoms with Gasteiger partial charge in [0.25, 0.3) is 5.91 Å². The van der Waals surface area contributed by atoms with E-state index in [9.17, 15) is 14.4 Å². The van der Waals surface area contributed by atoms with Crippen molar-refractivity contribution in [3.05, 3.63) is 22.4 Å². The van der Waals surface area contributed by atoms with Gasteiger partial charge in [0.05, 0.1) is 0 Å². The molecule has 21 heavy (non-hydrogen) atoms. The number of rotatable bonds is 5. The van der Waals surface area contributed by atoms with Crippen LogP contribution in [0.4, 0.5) is 4.79 Å². The lowest BCUT2D eigenvalue weighted by Gasteiger charge is -2.22. The van der Waals surface area contributed by atoms with Crippen molar-refractivity contribution in [2.45, 2.75) is 26.3 Å². The van der Waals surface area contributed by atoms with E-state index in [2.05, 4.69) is 5.32 Å². The summed E-state index contributed by atoms with van der Waals surface area (Å²) in [7, 11) is 0. The summed E-state index contributed by atoms with van der Waals surface area (Å²) in [6.07, 6.45) is 0. The molecule has 0 saturated carbocycles. The van der Waals surface area contributed by atoms with Crippen LogP contribution in [0.2, 0.25) is 0 Å². The summed E-state index contributed by atoms with van der Waals surface area (Å²) in [5, 5.41) is 4.54. The summed E-state index contributed by atoms with van der Waals surface area (Å²) in [5.74, 6) is -0.602. The Hall–Kier alpha value is -1.89. The first-order chi connectivity index (χ1) is 9.93.